The summed E-state index contributed by atoms with van der Waals surface area (Å²) < 4.78 is 36.2. The van der Waals surface area contributed by atoms with E-state index in [9.17, 15) is 4.79 Å². The van der Waals surface area contributed by atoms with Gasteiger partial charge in [-0.15, -0.1) is 0 Å². The van der Waals surface area contributed by atoms with Crippen LogP contribution >= 0.6 is 0 Å². The van der Waals surface area contributed by atoms with Gasteiger partial charge in [0.25, 0.3) is 5.91 Å². The maximum Gasteiger partial charge on any atom is 0.321 e. The van der Waals surface area contributed by atoms with Crippen LogP contribution in [-0.4, -0.2) is 92.5 Å². The number of carbonyl (C=O) groups is 1. The number of nitrogens with zero attached hydrogens (tertiary/aromatic N) is 6. The van der Waals surface area contributed by atoms with Crippen molar-refractivity contribution in [3.05, 3.63) is 30.0 Å². The van der Waals surface area contributed by atoms with Crippen molar-refractivity contribution in [3.63, 3.8) is 0 Å². The Morgan fingerprint density at radius 2 is 1.88 bits per heavy atom. The lowest BCUT2D eigenvalue weighted by atomic mass is 10.0. The highest BCUT2D eigenvalue weighted by atomic mass is 19.3. The summed E-state index contributed by atoms with van der Waals surface area (Å²) in [7, 11) is 6.56. The van der Waals surface area contributed by atoms with Crippen molar-refractivity contribution in [1.82, 2.24) is 20.2 Å². The molecule has 216 valence electrons. The van der Waals surface area contributed by atoms with E-state index >= 15 is 8.78 Å². The molecular weight excluding hydrogens is 518 g/mol. The lowest BCUT2D eigenvalue weighted by molar-refractivity contribution is 0.0821. The highest BCUT2D eigenvalue weighted by molar-refractivity contribution is 6.05. The Bertz CT molecular complexity index is 1260. The molecule has 2 aromatic rings. The minimum absolute atomic E-state index is 0.0334. The van der Waals surface area contributed by atoms with Crippen molar-refractivity contribution in [1.29, 1.82) is 0 Å². The highest BCUT2D eigenvalue weighted by Gasteiger charge is 2.46. The molecule has 0 unspecified atom stereocenters. The number of piperidine rings is 1. The van der Waals surface area contributed by atoms with Gasteiger partial charge in [-0.3, -0.25) is 9.79 Å². The fourth-order valence-electron chi connectivity index (χ4n) is 5.90. The Kier molecular flexibility index (Phi) is 8.07. The molecule has 1 amide bonds. The molecule has 1 aromatic carbocycles. The number of aliphatic imine (C=N–C) groups is 1. The second kappa shape index (κ2) is 11.5. The standard InChI is InChI=1S/C28H38F2N8O2/c1-31-26-28(29,30)17-38(20-7-5-6-8-20)24-22(37(26)3)16-32-27(35-24)34-21-10-9-18(15-23(21)40-4)25(39)33-19-11-13-36(2)14-12-19/h9-10,15-16,19-20H,5-8,11-14,17H2,1-4H3,(H,33,39)(H,32,34,35). The number of hydrogen-bond donors (Lipinski definition) is 2. The molecule has 0 radical (unpaired) electrons. The van der Waals surface area contributed by atoms with E-state index < -0.39 is 12.5 Å². The molecule has 2 fully saturated rings. The van der Waals surface area contributed by atoms with Crippen LogP contribution in [0, 0.1) is 0 Å². The zero-order valence-corrected chi connectivity index (χ0v) is 23.6. The van der Waals surface area contributed by atoms with Gasteiger partial charge >= 0.3 is 5.92 Å². The van der Waals surface area contributed by atoms with Crippen molar-refractivity contribution in [2.24, 2.45) is 4.99 Å². The number of benzene rings is 1. The smallest absolute Gasteiger partial charge is 0.321 e. The monoisotopic (exact) mass is 556 g/mol. The number of ether oxygens (including phenoxy) is 1. The van der Waals surface area contributed by atoms with Gasteiger partial charge in [0.05, 0.1) is 25.5 Å². The van der Waals surface area contributed by atoms with E-state index in [1.807, 2.05) is 0 Å². The van der Waals surface area contributed by atoms with Crippen LogP contribution in [0.1, 0.15) is 48.9 Å². The number of carbonyl (C=O) groups excluding carboxylic acids is 1. The van der Waals surface area contributed by atoms with Crippen molar-refractivity contribution in [3.8, 4) is 5.75 Å². The Morgan fingerprint density at radius 1 is 1.15 bits per heavy atom. The second-order valence-electron chi connectivity index (χ2n) is 10.9. The number of hydrogen-bond acceptors (Lipinski definition) is 8. The summed E-state index contributed by atoms with van der Waals surface area (Å²) >= 11 is 0. The summed E-state index contributed by atoms with van der Waals surface area (Å²) in [6, 6.07) is 5.26. The minimum Gasteiger partial charge on any atom is -0.495 e. The molecule has 10 nitrogen and oxygen atoms in total. The summed E-state index contributed by atoms with van der Waals surface area (Å²) in [5.74, 6) is -2.46. The number of alkyl halides is 2. The molecule has 1 aromatic heterocycles. The van der Waals surface area contributed by atoms with Crippen molar-refractivity contribution in [2.45, 2.75) is 56.5 Å². The number of methoxy groups -OCH3 is 1. The molecule has 40 heavy (non-hydrogen) atoms. The fraction of sp³-hybridized carbons (Fsp3) is 0.571. The summed E-state index contributed by atoms with van der Waals surface area (Å²) in [6.07, 6.45) is 7.04. The molecule has 3 heterocycles. The predicted octanol–water partition coefficient (Wildman–Crippen LogP) is 3.92. The molecule has 1 saturated carbocycles. The molecule has 2 N–H and O–H groups in total. The van der Waals surface area contributed by atoms with Gasteiger partial charge in [-0.1, -0.05) is 12.8 Å². The number of aromatic nitrogens is 2. The first-order chi connectivity index (χ1) is 19.2. The molecule has 12 heteroatoms. The first-order valence-corrected chi connectivity index (χ1v) is 13.9. The Hall–Kier alpha value is -3.54. The number of fused-ring (bicyclic) bond motifs is 1. The van der Waals surface area contributed by atoms with Crippen molar-refractivity contribution < 1.29 is 18.3 Å². The molecule has 3 aliphatic rings. The van der Waals surface area contributed by atoms with Crippen molar-refractivity contribution in [2.75, 3.05) is 63.0 Å². The SMILES string of the molecule is CN=C1N(C)c2cnc(Nc3ccc(C(=O)NC4CCN(C)CC4)cc3OC)nc2N(C2CCCC2)CC1(F)F. The Balaban J connectivity index is 1.40. The van der Waals surface area contributed by atoms with E-state index in [0.29, 0.717) is 28.5 Å². The largest absolute Gasteiger partial charge is 0.495 e. The molecule has 1 aliphatic carbocycles. The summed E-state index contributed by atoms with van der Waals surface area (Å²) in [5, 5.41) is 6.29. The van der Waals surface area contributed by atoms with E-state index in [1.54, 1.807) is 36.3 Å². The van der Waals surface area contributed by atoms with Crippen LogP contribution in [-0.2, 0) is 0 Å². The zero-order chi connectivity index (χ0) is 28.4. The summed E-state index contributed by atoms with van der Waals surface area (Å²) in [4.78, 5) is 31.4. The third-order valence-corrected chi connectivity index (χ3v) is 8.14. The maximum atomic E-state index is 15.3. The van der Waals surface area contributed by atoms with E-state index in [-0.39, 0.29) is 29.8 Å². The van der Waals surface area contributed by atoms with E-state index in [1.165, 1.54) is 19.1 Å². The quantitative estimate of drug-likeness (QED) is 0.553. The molecule has 1 saturated heterocycles. The second-order valence-corrected chi connectivity index (χ2v) is 10.9. The molecular formula is C28H38F2N8O2. The highest BCUT2D eigenvalue weighted by Crippen LogP contribution is 2.40. The number of rotatable bonds is 6. The van der Waals surface area contributed by atoms with E-state index in [4.69, 9.17) is 9.72 Å². The third-order valence-electron chi connectivity index (χ3n) is 8.14. The Labute approximate surface area is 233 Å². The predicted molar refractivity (Wildman–Crippen MR) is 153 cm³/mol. The number of amides is 1. The number of halogens is 2. The van der Waals surface area contributed by atoms with Gasteiger partial charge in [0.15, 0.2) is 11.7 Å². The van der Waals surface area contributed by atoms with Gasteiger partial charge in [0, 0.05) is 31.7 Å². The average Bonchev–Trinajstić information content (AvgIpc) is 3.46. The zero-order valence-electron chi connectivity index (χ0n) is 23.6. The summed E-state index contributed by atoms with van der Waals surface area (Å²) in [5.41, 5.74) is 1.53. The van der Waals surface area contributed by atoms with E-state index in [0.717, 1.165) is 51.6 Å². The van der Waals surface area contributed by atoms with Crippen LogP contribution < -0.4 is 25.2 Å². The normalized spacial score (nSPS) is 21.3. The first kappa shape index (κ1) is 28.0. The van der Waals surface area contributed by atoms with Gasteiger partial charge in [-0.25, -0.2) is 4.98 Å². The molecule has 0 atom stereocenters. The van der Waals surface area contributed by atoms with Gasteiger partial charge < -0.3 is 30.1 Å². The molecule has 2 aliphatic heterocycles. The van der Waals surface area contributed by atoms with Gasteiger partial charge in [0.1, 0.15) is 11.4 Å². The van der Waals surface area contributed by atoms with Crippen LogP contribution in [0.2, 0.25) is 0 Å². The Morgan fingerprint density at radius 3 is 2.55 bits per heavy atom. The van der Waals surface area contributed by atoms with Gasteiger partial charge in [0.2, 0.25) is 5.95 Å². The minimum atomic E-state index is -3.15. The van der Waals surface area contributed by atoms with Gasteiger partial charge in [-0.2, -0.15) is 13.8 Å². The lowest BCUT2D eigenvalue weighted by Gasteiger charge is -2.31. The van der Waals surface area contributed by atoms with E-state index in [2.05, 4.69) is 32.6 Å². The van der Waals surface area contributed by atoms with Crippen LogP contribution in [0.15, 0.2) is 29.4 Å². The fourth-order valence-corrected chi connectivity index (χ4v) is 5.90. The molecule has 5 rings (SSSR count). The van der Waals surface area contributed by atoms with Crippen LogP contribution in [0.4, 0.5) is 31.9 Å². The molecule has 0 spiro atoms. The van der Waals surface area contributed by atoms with Crippen LogP contribution in [0.5, 0.6) is 5.75 Å². The third kappa shape index (κ3) is 5.67. The van der Waals surface area contributed by atoms with Gasteiger partial charge in [-0.05, 0) is 64.0 Å². The maximum absolute atomic E-state index is 15.3. The lowest BCUT2D eigenvalue weighted by Crippen LogP contribution is -2.48. The van der Waals surface area contributed by atoms with Crippen LogP contribution in [0.3, 0.4) is 0 Å². The number of nitrogens with one attached hydrogen (secondary N) is 2. The number of anilines is 4. The number of likely N-dealkylation sites (tertiary alicyclic amines) is 1. The topological polar surface area (TPSA) is 98.2 Å². The number of amidine groups is 1. The average molecular weight is 557 g/mol. The van der Waals surface area contributed by atoms with Crippen molar-refractivity contribution >= 4 is 34.9 Å². The first-order valence-electron chi connectivity index (χ1n) is 13.9. The summed E-state index contributed by atoms with van der Waals surface area (Å²) in [6.45, 7) is 1.41. The van der Waals surface area contributed by atoms with Crippen LogP contribution in [0.25, 0.3) is 0 Å². The molecule has 0 bridgehead atoms.